The second-order valence-corrected chi connectivity index (χ2v) is 14.7. The molecule has 0 saturated heterocycles. The smallest absolute Gasteiger partial charge is 0.420 e. The number of ether oxygens (including phenoxy) is 4. The van der Waals surface area contributed by atoms with Gasteiger partial charge in [0.05, 0.1) is 6.04 Å². The maximum atomic E-state index is 13.5. The summed E-state index contributed by atoms with van der Waals surface area (Å²) in [6.07, 6.45) is 1.11. The number of allylic oxidation sites excluding steroid dienone is 1. The average molecular weight is 660 g/mol. The van der Waals surface area contributed by atoms with Gasteiger partial charge in [-0.05, 0) is 71.8 Å². The Morgan fingerprint density at radius 1 is 0.978 bits per heavy atom. The zero-order valence-corrected chi connectivity index (χ0v) is 29.9. The van der Waals surface area contributed by atoms with E-state index < -0.39 is 35.5 Å². The van der Waals surface area contributed by atoms with E-state index in [-0.39, 0.29) is 42.7 Å². The minimum atomic E-state index is -0.843. The Morgan fingerprint density at radius 3 is 2.07 bits per heavy atom. The van der Waals surface area contributed by atoms with Crippen molar-refractivity contribution in [2.75, 3.05) is 13.9 Å². The highest BCUT2D eigenvalue weighted by Gasteiger charge is 2.40. The normalized spacial score (nSPS) is 14.6. The lowest BCUT2D eigenvalue weighted by Crippen LogP contribution is -2.51. The van der Waals surface area contributed by atoms with Gasteiger partial charge in [-0.1, -0.05) is 57.2 Å². The number of rotatable bonds is 15. The fraction of sp³-hybridized carbons (Fsp3) is 0.600. The van der Waals surface area contributed by atoms with E-state index in [1.807, 2.05) is 50.3 Å². The fourth-order valence-corrected chi connectivity index (χ4v) is 5.55. The van der Waals surface area contributed by atoms with Crippen LogP contribution in [0, 0.1) is 11.8 Å². The van der Waals surface area contributed by atoms with Crippen molar-refractivity contribution in [2.24, 2.45) is 11.8 Å². The molecule has 1 N–H and O–H groups in total. The quantitative estimate of drug-likeness (QED) is 0.151. The summed E-state index contributed by atoms with van der Waals surface area (Å²) in [6.45, 7) is 20.1. The van der Waals surface area contributed by atoms with Gasteiger partial charge in [-0.3, -0.25) is 4.79 Å². The van der Waals surface area contributed by atoms with E-state index in [2.05, 4.69) is 23.8 Å². The maximum absolute atomic E-state index is 13.5. The molecule has 0 radical (unpaired) electrons. The zero-order chi connectivity index (χ0) is 34.7. The topological polar surface area (TPSA) is 116 Å². The van der Waals surface area contributed by atoms with Crippen LogP contribution in [-0.4, -0.2) is 65.2 Å². The first-order valence-electron chi connectivity index (χ1n) is 15.7. The Morgan fingerprint density at radius 2 is 1.57 bits per heavy atom. The van der Waals surface area contributed by atoms with Crippen LogP contribution in [0.5, 0.6) is 0 Å². The molecule has 2 rings (SSSR count). The Labute approximate surface area is 278 Å². The van der Waals surface area contributed by atoms with Crippen LogP contribution in [-0.2, 0) is 25.4 Å². The minimum absolute atomic E-state index is 0.0615. The Kier molecular flexibility index (Phi) is 14.9. The van der Waals surface area contributed by atoms with Crippen LogP contribution in [0.3, 0.4) is 0 Å². The highest BCUT2D eigenvalue weighted by Crippen LogP contribution is 2.32. The molecule has 0 unspecified atom stereocenters. The van der Waals surface area contributed by atoms with Gasteiger partial charge in [0.15, 0.2) is 0 Å². The molecule has 10 nitrogen and oxygen atoms in total. The molecule has 1 heterocycles. The second-order valence-electron chi connectivity index (χ2n) is 13.8. The van der Waals surface area contributed by atoms with Gasteiger partial charge in [0.2, 0.25) is 0 Å². The summed E-state index contributed by atoms with van der Waals surface area (Å²) in [5.74, 6) is -0.297. The summed E-state index contributed by atoms with van der Waals surface area (Å²) in [5, 5.41) is 5.36. The third kappa shape index (κ3) is 13.2. The zero-order valence-electron chi connectivity index (χ0n) is 29.1. The maximum Gasteiger partial charge on any atom is 0.420 e. The molecule has 0 aliphatic carbocycles. The molecule has 1 aromatic heterocycles. The molecule has 1 aromatic carbocycles. The molecular formula is C35H53N3O7S. The molecule has 0 fully saturated rings. The third-order valence-corrected chi connectivity index (χ3v) is 7.81. The number of imide groups is 1. The number of nitrogens with one attached hydrogen (secondary N) is 1. The van der Waals surface area contributed by atoms with Crippen LogP contribution in [0.4, 0.5) is 9.59 Å². The molecule has 0 aliphatic rings. The molecule has 0 aliphatic heterocycles. The first kappa shape index (κ1) is 38.9. The van der Waals surface area contributed by atoms with Crippen molar-refractivity contribution < 1.29 is 33.3 Å². The van der Waals surface area contributed by atoms with Crippen LogP contribution in [0.25, 0.3) is 0 Å². The molecule has 256 valence electrons. The van der Waals surface area contributed by atoms with Crippen molar-refractivity contribution in [1.29, 1.82) is 0 Å². The highest BCUT2D eigenvalue weighted by atomic mass is 32.1. The molecule has 4 atom stereocenters. The molecule has 46 heavy (non-hydrogen) atoms. The van der Waals surface area contributed by atoms with E-state index in [0.29, 0.717) is 11.4 Å². The molecule has 2 aromatic rings. The first-order chi connectivity index (χ1) is 21.4. The minimum Gasteiger partial charge on any atom is -0.443 e. The second kappa shape index (κ2) is 17.6. The predicted molar refractivity (Wildman–Crippen MR) is 181 cm³/mol. The highest BCUT2D eigenvalue weighted by molar-refractivity contribution is 7.09. The number of hydrogen-bond donors (Lipinski definition) is 1. The lowest BCUT2D eigenvalue weighted by molar-refractivity contribution is -0.0855. The van der Waals surface area contributed by atoms with Crippen LogP contribution < -0.4 is 5.32 Å². The number of aromatic nitrogens is 1. The average Bonchev–Trinajstić information content (AvgIpc) is 3.43. The van der Waals surface area contributed by atoms with Gasteiger partial charge in [-0.2, -0.15) is 0 Å². The molecule has 0 spiro atoms. The van der Waals surface area contributed by atoms with E-state index >= 15 is 0 Å². The van der Waals surface area contributed by atoms with E-state index in [1.165, 1.54) is 18.4 Å². The number of methoxy groups -OCH3 is 1. The summed E-state index contributed by atoms with van der Waals surface area (Å²) in [5.41, 5.74) is -0.308. The lowest BCUT2D eigenvalue weighted by atomic mass is 9.96. The summed E-state index contributed by atoms with van der Waals surface area (Å²) < 4.78 is 22.5. The van der Waals surface area contributed by atoms with Crippen molar-refractivity contribution in [1.82, 2.24) is 15.2 Å². The Bertz CT molecular complexity index is 1240. The van der Waals surface area contributed by atoms with Gasteiger partial charge in [-0.15, -0.1) is 17.9 Å². The van der Waals surface area contributed by atoms with Gasteiger partial charge in [0.25, 0.3) is 5.91 Å². The molecule has 0 bridgehead atoms. The van der Waals surface area contributed by atoms with E-state index in [4.69, 9.17) is 18.9 Å². The largest absolute Gasteiger partial charge is 0.443 e. The third-order valence-electron chi connectivity index (χ3n) is 6.87. The number of carbonyl (C=O) groups excluding carboxylic acids is 3. The summed E-state index contributed by atoms with van der Waals surface area (Å²) in [7, 11) is 1.50. The van der Waals surface area contributed by atoms with E-state index in [9.17, 15) is 14.4 Å². The number of carbonyl (C=O) groups is 3. The summed E-state index contributed by atoms with van der Waals surface area (Å²) >= 11 is 1.27. The van der Waals surface area contributed by atoms with Crippen LogP contribution in [0.15, 0.2) is 48.4 Å². The van der Waals surface area contributed by atoms with Gasteiger partial charge in [0, 0.05) is 25.0 Å². The SMILES string of the molecule is C=C[C@@H](C)C[C@H](Cc1ccccc1)NC(=O)c1csc([C@@H](C[C@H](C(C)C)N(C(=O)OC(C)(C)C)C(=O)OC(C)(C)C)OCOC)n1. The molecule has 0 saturated carbocycles. The van der Waals surface area contributed by atoms with Crippen molar-refractivity contribution in [2.45, 2.75) is 111 Å². The first-order valence-corrected chi connectivity index (χ1v) is 16.6. The number of nitrogens with zero attached hydrogens (tertiary/aromatic N) is 2. The van der Waals surface area contributed by atoms with Crippen LogP contribution in [0.1, 0.15) is 102 Å². The molecule has 11 heteroatoms. The van der Waals surface area contributed by atoms with Gasteiger partial charge >= 0.3 is 12.2 Å². The summed E-state index contributed by atoms with van der Waals surface area (Å²) in [6, 6.07) is 9.19. The fourth-order valence-electron chi connectivity index (χ4n) is 4.69. The van der Waals surface area contributed by atoms with E-state index in [0.717, 1.165) is 16.9 Å². The summed E-state index contributed by atoms with van der Waals surface area (Å²) in [4.78, 5) is 46.1. The van der Waals surface area contributed by atoms with Gasteiger partial charge < -0.3 is 24.3 Å². The van der Waals surface area contributed by atoms with E-state index in [1.54, 1.807) is 46.9 Å². The molecular weight excluding hydrogens is 606 g/mol. The van der Waals surface area contributed by atoms with Crippen molar-refractivity contribution >= 4 is 29.4 Å². The Hall–Kier alpha value is -3.28. The van der Waals surface area contributed by atoms with Gasteiger partial charge in [0.1, 0.15) is 34.8 Å². The standard InChI is InChI=1S/C35H53N3O7S/c1-12-24(4)18-26(19-25-16-14-13-15-17-25)36-30(39)27-21-46-31(37-27)29(43-22-42-11)20-28(23(2)3)38(32(40)44-34(5,6)7)33(41)45-35(8,9)10/h12-17,21,23-24,26,28-29H,1,18-20,22H2,2-11H3,(H,36,39)/t24-,26-,28-,29-/m1/s1. The molecule has 3 amide bonds. The van der Waals surface area contributed by atoms with Crippen LogP contribution >= 0.6 is 11.3 Å². The lowest BCUT2D eigenvalue weighted by Gasteiger charge is -2.36. The number of thiazole rings is 1. The van der Waals surface area contributed by atoms with Crippen molar-refractivity contribution in [3.05, 3.63) is 64.6 Å². The van der Waals surface area contributed by atoms with Crippen molar-refractivity contribution in [3.63, 3.8) is 0 Å². The Balaban J connectivity index is 2.38. The monoisotopic (exact) mass is 659 g/mol. The van der Waals surface area contributed by atoms with Crippen molar-refractivity contribution in [3.8, 4) is 0 Å². The number of hydrogen-bond acceptors (Lipinski definition) is 9. The number of amides is 3. The van der Waals surface area contributed by atoms with Gasteiger partial charge in [-0.25, -0.2) is 19.5 Å². The van der Waals surface area contributed by atoms with Crippen LogP contribution in [0.2, 0.25) is 0 Å². The predicted octanol–water partition coefficient (Wildman–Crippen LogP) is 7.94. The number of benzene rings is 1.